The van der Waals surface area contributed by atoms with Crippen LogP contribution in [0.3, 0.4) is 0 Å². The first-order chi connectivity index (χ1) is 25.0. The number of nitrogens with one attached hydrogen (secondary N) is 2. The van der Waals surface area contributed by atoms with Gasteiger partial charge in [0.1, 0.15) is 25.6 Å². The average Bonchev–Trinajstić information content (AvgIpc) is 3.08. The average molecular weight is 729 g/mol. The number of amides is 2. The van der Waals surface area contributed by atoms with Crippen LogP contribution in [0.15, 0.2) is 100 Å². The number of ether oxygens (including phenoxy) is 4. The van der Waals surface area contributed by atoms with E-state index in [0.717, 1.165) is 0 Å². The van der Waals surface area contributed by atoms with Crippen molar-refractivity contribution in [3.63, 3.8) is 0 Å². The Morgan fingerprint density at radius 1 is 0.755 bits per heavy atom. The van der Waals surface area contributed by atoms with Crippen LogP contribution in [0.1, 0.15) is 40.2 Å². The zero-order valence-corrected chi connectivity index (χ0v) is 30.8. The number of carbonyl (C=O) groups excluding carboxylic acids is 6. The Bertz CT molecular complexity index is 1880. The Morgan fingerprint density at radius 3 is 1.81 bits per heavy atom. The molecule has 0 unspecified atom stereocenters. The number of allylic oxidation sites excluding steroid dienone is 5. The van der Waals surface area contributed by atoms with E-state index in [4.69, 9.17) is 18.9 Å². The van der Waals surface area contributed by atoms with Crippen LogP contribution in [-0.2, 0) is 47.7 Å². The van der Waals surface area contributed by atoms with Gasteiger partial charge in [0.2, 0.25) is 17.6 Å². The molecule has 14 heteroatoms. The van der Waals surface area contributed by atoms with Gasteiger partial charge in [-0.2, -0.15) is 0 Å². The molecule has 2 amide bonds. The van der Waals surface area contributed by atoms with E-state index in [9.17, 15) is 28.8 Å². The van der Waals surface area contributed by atoms with Crippen LogP contribution in [0.5, 0.6) is 0 Å². The lowest BCUT2D eigenvalue weighted by Crippen LogP contribution is -2.32. The summed E-state index contributed by atoms with van der Waals surface area (Å²) < 4.78 is 21.4. The van der Waals surface area contributed by atoms with Crippen molar-refractivity contribution in [2.24, 2.45) is 4.99 Å². The number of ketones is 1. The molecule has 0 radical (unpaired) electrons. The van der Waals surface area contributed by atoms with E-state index in [0.29, 0.717) is 33.9 Å². The van der Waals surface area contributed by atoms with E-state index in [2.05, 4.69) is 35.4 Å². The number of nitrogens with zero attached hydrogens (tertiary/aromatic N) is 2. The van der Waals surface area contributed by atoms with Gasteiger partial charge in [0.05, 0.1) is 55.0 Å². The maximum absolute atomic E-state index is 14.0. The van der Waals surface area contributed by atoms with Crippen molar-refractivity contribution in [2.45, 2.75) is 34.6 Å². The summed E-state index contributed by atoms with van der Waals surface area (Å²) in [5.41, 5.74) is 3.52. The second kappa shape index (κ2) is 18.8. The van der Waals surface area contributed by atoms with Crippen molar-refractivity contribution < 1.29 is 47.7 Å². The molecule has 2 N–H and O–H groups in total. The summed E-state index contributed by atoms with van der Waals surface area (Å²) >= 11 is 0. The number of carbonyl (C=O) groups is 6. The molecular weight excluding hydrogens is 684 g/mol. The van der Waals surface area contributed by atoms with Crippen LogP contribution < -0.4 is 15.5 Å². The van der Waals surface area contributed by atoms with Gasteiger partial charge < -0.3 is 34.5 Å². The highest BCUT2D eigenvalue weighted by atomic mass is 16.5. The highest BCUT2D eigenvalue weighted by Crippen LogP contribution is 2.44. The number of Topliss-reactive ketones (excluding diaryl/α,β-unsaturated/α-hetero) is 1. The van der Waals surface area contributed by atoms with Gasteiger partial charge in [0.25, 0.3) is 0 Å². The third-order valence-electron chi connectivity index (χ3n) is 7.50. The molecule has 2 aliphatic carbocycles. The van der Waals surface area contributed by atoms with E-state index < -0.39 is 29.6 Å². The first-order valence-electron chi connectivity index (χ1n) is 16.5. The molecular formula is C39H44N4O10. The molecule has 1 aromatic carbocycles. The summed E-state index contributed by atoms with van der Waals surface area (Å²) in [6.07, 6.45) is 4.88. The minimum absolute atomic E-state index is 0.0156. The van der Waals surface area contributed by atoms with Crippen LogP contribution in [0.4, 0.5) is 11.4 Å². The Labute approximate surface area is 308 Å². The smallest absolute Gasteiger partial charge is 0.333 e. The van der Waals surface area contributed by atoms with E-state index in [1.807, 2.05) is 0 Å². The monoisotopic (exact) mass is 728 g/mol. The summed E-state index contributed by atoms with van der Waals surface area (Å²) in [5, 5.41) is 5.52. The molecule has 3 rings (SSSR count). The Balaban J connectivity index is 2.02. The fourth-order valence-electron chi connectivity index (χ4n) is 5.02. The Kier molecular flexibility index (Phi) is 14.6. The normalized spacial score (nSPS) is 15.5. The molecule has 280 valence electrons. The molecule has 14 nitrogen and oxygen atoms in total. The Morgan fingerprint density at radius 2 is 1.30 bits per heavy atom. The predicted molar refractivity (Wildman–Crippen MR) is 200 cm³/mol. The number of hydrogen-bond donors (Lipinski definition) is 2. The molecule has 0 heterocycles. The number of anilines is 2. The van der Waals surface area contributed by atoms with Crippen molar-refractivity contribution >= 4 is 58.2 Å². The van der Waals surface area contributed by atoms with E-state index >= 15 is 0 Å². The topological polar surface area (TPSA) is 179 Å². The van der Waals surface area contributed by atoms with Crippen LogP contribution in [-0.4, -0.2) is 87.8 Å². The second-order valence-electron chi connectivity index (χ2n) is 12.1. The van der Waals surface area contributed by atoms with Crippen molar-refractivity contribution in [3.8, 4) is 0 Å². The fraction of sp³-hybridized carbons (Fsp3) is 0.308. The molecule has 0 bridgehead atoms. The largest absolute Gasteiger partial charge is 0.495 e. The third-order valence-corrected chi connectivity index (χ3v) is 7.50. The lowest BCUT2D eigenvalue weighted by atomic mass is 9.78. The minimum Gasteiger partial charge on any atom is -0.495 e. The lowest BCUT2D eigenvalue weighted by Gasteiger charge is -2.30. The Hall–Kier alpha value is -6.31. The van der Waals surface area contributed by atoms with Gasteiger partial charge in [0.15, 0.2) is 0 Å². The second-order valence-corrected chi connectivity index (χ2v) is 12.1. The first kappa shape index (κ1) is 41.1. The lowest BCUT2D eigenvalue weighted by molar-refractivity contribution is -0.139. The quantitative estimate of drug-likeness (QED) is 0.102. The predicted octanol–water partition coefficient (Wildman–Crippen LogP) is 4.08. The zero-order valence-electron chi connectivity index (χ0n) is 30.8. The molecule has 0 saturated carbocycles. The van der Waals surface area contributed by atoms with Gasteiger partial charge in [-0.05, 0) is 57.2 Å². The van der Waals surface area contributed by atoms with E-state index in [1.54, 1.807) is 48.3 Å². The molecule has 53 heavy (non-hydrogen) atoms. The highest BCUT2D eigenvalue weighted by Gasteiger charge is 2.40. The van der Waals surface area contributed by atoms with Crippen molar-refractivity contribution in [2.75, 3.05) is 56.8 Å². The van der Waals surface area contributed by atoms with Gasteiger partial charge in [-0.3, -0.25) is 19.4 Å². The van der Waals surface area contributed by atoms with Gasteiger partial charge in [-0.15, -0.1) is 0 Å². The molecule has 0 saturated heterocycles. The number of benzene rings is 1. The van der Waals surface area contributed by atoms with Crippen LogP contribution in [0.25, 0.3) is 5.57 Å². The van der Waals surface area contributed by atoms with Gasteiger partial charge >= 0.3 is 17.9 Å². The molecule has 0 fully saturated rings. The first-order valence-corrected chi connectivity index (χ1v) is 16.5. The summed E-state index contributed by atoms with van der Waals surface area (Å²) in [4.78, 5) is 80.4. The fourth-order valence-corrected chi connectivity index (χ4v) is 5.02. The maximum atomic E-state index is 14.0. The van der Waals surface area contributed by atoms with Crippen LogP contribution in [0, 0.1) is 0 Å². The maximum Gasteiger partial charge on any atom is 0.333 e. The van der Waals surface area contributed by atoms with Gasteiger partial charge in [-0.1, -0.05) is 19.7 Å². The van der Waals surface area contributed by atoms with Crippen LogP contribution in [0.2, 0.25) is 0 Å². The minimum atomic E-state index is -0.560. The molecule has 0 atom stereocenters. The molecule has 0 aliphatic heterocycles. The summed E-state index contributed by atoms with van der Waals surface area (Å²) in [5.74, 6) is -2.61. The van der Waals surface area contributed by atoms with Crippen molar-refractivity contribution in [1.29, 1.82) is 0 Å². The van der Waals surface area contributed by atoms with Gasteiger partial charge in [-0.25, -0.2) is 14.4 Å². The standard InChI is InChI=1S/C39H44N4O10/c1-22(2)37(47)51-17-14-40-27-10-12-29(31(20-27)41-25(7)44)33-35(46)34(36(33)50-9)30-13-11-28(21-32(30)42-26(8)45)43(15-18-52-38(48)23(3)4)16-19-53-39(49)24(5)6/h10-13,20-21H,1,3,5,14-19H2,2,4,6-9H3,(H,41,44)(H,42,45)/b33-29-,40-27-. The van der Waals surface area contributed by atoms with E-state index in [1.165, 1.54) is 34.8 Å². The zero-order chi connectivity index (χ0) is 39.4. The number of hydrogen-bond acceptors (Lipinski definition) is 12. The highest BCUT2D eigenvalue weighted by molar-refractivity contribution is 6.40. The third kappa shape index (κ3) is 11.1. The molecule has 0 aromatic heterocycles. The molecule has 0 spiro atoms. The van der Waals surface area contributed by atoms with Crippen LogP contribution >= 0.6 is 0 Å². The summed E-state index contributed by atoms with van der Waals surface area (Å²) in [6, 6.07) is 5.00. The van der Waals surface area contributed by atoms with E-state index in [-0.39, 0.29) is 79.0 Å². The van der Waals surface area contributed by atoms with Crippen molar-refractivity contribution in [1.82, 2.24) is 5.32 Å². The molecule has 1 aromatic rings. The van der Waals surface area contributed by atoms with Gasteiger partial charge in [0, 0.05) is 47.4 Å². The SMILES string of the molecule is C=C(C)C(=O)OCC/N=C1C=C/C(=C2\C(=O)C(c3ccc(N(CCOC(=O)C(=C)C)CCOC(=O)C(=C)C)cc3NC(C)=O)=C2OC)C(NC(C)=O)=C/1. The summed E-state index contributed by atoms with van der Waals surface area (Å²) in [7, 11) is 1.41. The number of rotatable bonds is 17. The number of methoxy groups -OCH3 is 1. The molecule has 2 aliphatic rings. The number of esters is 3. The number of aliphatic imine (C=N–C) groups is 1. The summed E-state index contributed by atoms with van der Waals surface area (Å²) in [6.45, 7) is 18.5. The van der Waals surface area contributed by atoms with Crippen molar-refractivity contribution in [3.05, 3.63) is 101 Å².